The van der Waals surface area contributed by atoms with Crippen molar-refractivity contribution < 1.29 is 8.94 Å². The number of hydrazone groups is 1. The third-order valence-electron chi connectivity index (χ3n) is 5.82. The summed E-state index contributed by atoms with van der Waals surface area (Å²) in [6.07, 6.45) is 8.75. The van der Waals surface area contributed by atoms with E-state index >= 15 is 0 Å². The van der Waals surface area contributed by atoms with Gasteiger partial charge in [0.1, 0.15) is 17.7 Å². The molecule has 2 aliphatic heterocycles. The zero-order chi connectivity index (χ0) is 18.0. The minimum atomic E-state index is 0.0932. The average molecular weight is 365 g/mol. The highest BCUT2D eigenvalue weighted by Gasteiger charge is 2.47. The molecule has 3 atom stereocenters. The van der Waals surface area contributed by atoms with Crippen molar-refractivity contribution in [3.8, 4) is 11.6 Å². The molecule has 3 aromatic rings. The lowest BCUT2D eigenvalue weighted by Gasteiger charge is -2.45. The molecular weight excluding hydrogens is 346 g/mol. The van der Waals surface area contributed by atoms with Crippen molar-refractivity contribution in [2.24, 2.45) is 11.0 Å². The van der Waals surface area contributed by atoms with Crippen LogP contribution in [0.5, 0.6) is 0 Å². The molecule has 3 aromatic heterocycles. The summed E-state index contributed by atoms with van der Waals surface area (Å²) in [5, 5.41) is 8.63. The number of furan rings is 1. The number of aryl methyl sites for hydroxylation is 1. The smallest absolute Gasteiger partial charge is 0.296 e. The molecule has 0 spiro atoms. The van der Waals surface area contributed by atoms with Crippen molar-refractivity contribution >= 4 is 11.7 Å². The van der Waals surface area contributed by atoms with Gasteiger partial charge in [0.25, 0.3) is 5.89 Å². The number of hydrogen-bond donors (Lipinski definition) is 1. The predicted octanol–water partition coefficient (Wildman–Crippen LogP) is 2.68. The number of fused-ring (bicyclic) bond motifs is 6. The summed E-state index contributed by atoms with van der Waals surface area (Å²) in [6.45, 7) is 1.88. The first-order chi connectivity index (χ1) is 13.3. The average Bonchev–Trinajstić information content (AvgIpc) is 3.45. The second kappa shape index (κ2) is 5.45. The Balaban J connectivity index is 1.39. The molecule has 5 heterocycles. The molecular formula is C18H19N7O2. The van der Waals surface area contributed by atoms with E-state index in [1.165, 1.54) is 25.7 Å². The van der Waals surface area contributed by atoms with E-state index < -0.39 is 0 Å². The number of nitrogens with zero attached hydrogens (tertiary/aromatic N) is 6. The molecule has 27 heavy (non-hydrogen) atoms. The van der Waals surface area contributed by atoms with Gasteiger partial charge in [-0.25, -0.2) is 4.98 Å². The van der Waals surface area contributed by atoms with Crippen LogP contribution in [0.3, 0.4) is 0 Å². The fourth-order valence-corrected chi connectivity index (χ4v) is 4.62. The van der Waals surface area contributed by atoms with Gasteiger partial charge in [0.15, 0.2) is 5.76 Å². The van der Waals surface area contributed by atoms with Crippen LogP contribution in [-0.4, -0.2) is 31.7 Å². The fraction of sp³-hybridized carbons (Fsp3) is 0.444. The Kier molecular flexibility index (Phi) is 3.03. The summed E-state index contributed by atoms with van der Waals surface area (Å²) in [5.74, 6) is 4.30. The van der Waals surface area contributed by atoms with E-state index in [1.807, 2.05) is 31.6 Å². The standard InChI is InChI=1S/C18H19N7O2/c1-10-6-7-13(26-10)15-20-18(27-23-15)17-22-21-16-11-4-2-3-5-12(11)24-9-19-8-14(24)25(16)17/h6-9,11-12,16,21H,2-5H2,1H3. The lowest BCUT2D eigenvalue weighted by Crippen LogP contribution is -2.53. The van der Waals surface area contributed by atoms with E-state index in [0.29, 0.717) is 35.3 Å². The summed E-state index contributed by atoms with van der Waals surface area (Å²) in [6, 6.07) is 4.18. The lowest BCUT2D eigenvalue weighted by atomic mass is 9.80. The number of amidine groups is 1. The molecule has 1 fully saturated rings. The van der Waals surface area contributed by atoms with Crippen LogP contribution in [0.25, 0.3) is 11.6 Å². The van der Waals surface area contributed by atoms with Gasteiger partial charge in [-0.3, -0.25) is 10.3 Å². The maximum Gasteiger partial charge on any atom is 0.296 e. The Labute approximate surface area is 155 Å². The van der Waals surface area contributed by atoms with Crippen molar-refractivity contribution in [1.29, 1.82) is 0 Å². The predicted molar refractivity (Wildman–Crippen MR) is 95.9 cm³/mol. The Morgan fingerprint density at radius 1 is 1.22 bits per heavy atom. The largest absolute Gasteiger partial charge is 0.458 e. The zero-order valence-corrected chi connectivity index (χ0v) is 14.9. The topological polar surface area (TPSA) is 97.5 Å². The minimum absolute atomic E-state index is 0.0932. The maximum absolute atomic E-state index is 5.60. The molecule has 1 saturated carbocycles. The summed E-state index contributed by atoms with van der Waals surface area (Å²) in [5.41, 5.74) is 3.31. The number of rotatable bonds is 2. The summed E-state index contributed by atoms with van der Waals surface area (Å²) >= 11 is 0. The monoisotopic (exact) mass is 365 g/mol. The van der Waals surface area contributed by atoms with Crippen molar-refractivity contribution in [1.82, 2.24) is 25.1 Å². The molecule has 0 bridgehead atoms. The fourth-order valence-electron chi connectivity index (χ4n) is 4.62. The van der Waals surface area contributed by atoms with Crippen molar-refractivity contribution in [3.05, 3.63) is 36.3 Å². The van der Waals surface area contributed by atoms with Crippen LogP contribution in [0.2, 0.25) is 0 Å². The van der Waals surface area contributed by atoms with E-state index in [2.05, 4.69) is 35.1 Å². The highest BCUT2D eigenvalue weighted by Crippen LogP contribution is 2.45. The third-order valence-corrected chi connectivity index (χ3v) is 5.82. The molecule has 0 aromatic carbocycles. The number of imidazole rings is 1. The Morgan fingerprint density at radius 2 is 2.15 bits per heavy atom. The van der Waals surface area contributed by atoms with Gasteiger partial charge in [-0.15, -0.1) is 0 Å². The summed E-state index contributed by atoms with van der Waals surface area (Å²) in [4.78, 5) is 11.1. The number of nitrogens with one attached hydrogen (secondary N) is 1. The molecule has 1 aliphatic carbocycles. The molecule has 0 saturated heterocycles. The van der Waals surface area contributed by atoms with E-state index in [1.54, 1.807) is 0 Å². The van der Waals surface area contributed by atoms with Gasteiger partial charge in [0, 0.05) is 12.0 Å². The first-order valence-electron chi connectivity index (χ1n) is 9.35. The van der Waals surface area contributed by atoms with Gasteiger partial charge in [-0.05, 0) is 31.9 Å². The number of anilines is 1. The van der Waals surface area contributed by atoms with Crippen molar-refractivity contribution in [2.45, 2.75) is 44.8 Å². The normalized spacial score (nSPS) is 26.2. The number of aromatic nitrogens is 4. The Bertz CT molecular complexity index is 1030. The highest BCUT2D eigenvalue weighted by molar-refractivity contribution is 6.08. The van der Waals surface area contributed by atoms with Gasteiger partial charge < -0.3 is 13.5 Å². The van der Waals surface area contributed by atoms with Crippen LogP contribution in [0.15, 0.2) is 38.7 Å². The zero-order valence-electron chi connectivity index (χ0n) is 14.9. The Hall–Kier alpha value is -3.10. The Morgan fingerprint density at radius 3 is 3.04 bits per heavy atom. The molecule has 3 unspecified atom stereocenters. The number of hydrogen-bond acceptors (Lipinski definition) is 8. The summed E-state index contributed by atoms with van der Waals surface area (Å²) < 4.78 is 13.4. The van der Waals surface area contributed by atoms with Gasteiger partial charge in [0.2, 0.25) is 11.7 Å². The van der Waals surface area contributed by atoms with Gasteiger partial charge >= 0.3 is 0 Å². The minimum Gasteiger partial charge on any atom is -0.458 e. The second-order valence-electron chi connectivity index (χ2n) is 7.39. The van der Waals surface area contributed by atoms with Gasteiger partial charge in [-0.1, -0.05) is 18.0 Å². The molecule has 6 rings (SSSR count). The van der Waals surface area contributed by atoms with Crippen LogP contribution in [0.4, 0.5) is 5.82 Å². The van der Waals surface area contributed by atoms with Crippen molar-refractivity contribution in [3.63, 3.8) is 0 Å². The molecule has 0 amide bonds. The third kappa shape index (κ3) is 2.11. The SMILES string of the molecule is Cc1ccc(-c2noc(C3=NNC4C5CCCCC5n5cncc5N34)n2)o1. The van der Waals surface area contributed by atoms with Crippen molar-refractivity contribution in [2.75, 3.05) is 4.90 Å². The quantitative estimate of drug-likeness (QED) is 0.745. The molecule has 0 radical (unpaired) electrons. The van der Waals surface area contributed by atoms with E-state index in [9.17, 15) is 0 Å². The van der Waals surface area contributed by atoms with E-state index in [4.69, 9.17) is 8.94 Å². The van der Waals surface area contributed by atoms with E-state index in [0.717, 1.165) is 11.6 Å². The van der Waals surface area contributed by atoms with Crippen LogP contribution in [0.1, 0.15) is 43.4 Å². The van der Waals surface area contributed by atoms with Crippen LogP contribution >= 0.6 is 0 Å². The lowest BCUT2D eigenvalue weighted by molar-refractivity contribution is 0.175. The molecule has 9 heteroatoms. The first-order valence-corrected chi connectivity index (χ1v) is 9.35. The summed E-state index contributed by atoms with van der Waals surface area (Å²) in [7, 11) is 0. The first kappa shape index (κ1) is 15.0. The molecule has 9 nitrogen and oxygen atoms in total. The van der Waals surface area contributed by atoms with Gasteiger partial charge in [0.05, 0.1) is 12.5 Å². The van der Waals surface area contributed by atoms with Gasteiger partial charge in [-0.2, -0.15) is 10.1 Å². The van der Waals surface area contributed by atoms with E-state index in [-0.39, 0.29) is 6.17 Å². The van der Waals surface area contributed by atoms with Crippen LogP contribution in [0, 0.1) is 12.8 Å². The second-order valence-corrected chi connectivity index (χ2v) is 7.39. The molecule has 3 aliphatic rings. The maximum atomic E-state index is 5.60. The molecule has 138 valence electrons. The van der Waals surface area contributed by atoms with Crippen LogP contribution in [-0.2, 0) is 0 Å². The molecule has 1 N–H and O–H groups in total. The highest BCUT2D eigenvalue weighted by atomic mass is 16.5. The van der Waals surface area contributed by atoms with Crippen LogP contribution < -0.4 is 10.3 Å².